The predicted molar refractivity (Wildman–Crippen MR) is 113 cm³/mol. The van der Waals surface area contributed by atoms with Crippen molar-refractivity contribution in [2.24, 2.45) is 0 Å². The number of H-pyrrole nitrogens is 1. The van der Waals surface area contributed by atoms with Gasteiger partial charge in [0.15, 0.2) is 0 Å². The van der Waals surface area contributed by atoms with Gasteiger partial charge in [0.2, 0.25) is 11.8 Å². The second-order valence-corrected chi connectivity index (χ2v) is 8.55. The quantitative estimate of drug-likeness (QED) is 0.638. The van der Waals surface area contributed by atoms with Gasteiger partial charge in [-0.2, -0.15) is 0 Å². The van der Waals surface area contributed by atoms with Gasteiger partial charge in [-0.1, -0.05) is 30.3 Å². The second-order valence-electron chi connectivity index (χ2n) is 8.55. The van der Waals surface area contributed by atoms with E-state index in [1.807, 2.05) is 24.3 Å². The van der Waals surface area contributed by atoms with Crippen LogP contribution in [0.1, 0.15) is 35.7 Å². The summed E-state index contributed by atoms with van der Waals surface area (Å²) < 4.78 is 0. The highest BCUT2D eigenvalue weighted by Gasteiger charge is 2.50. The highest BCUT2D eigenvalue weighted by Crippen LogP contribution is 2.44. The summed E-state index contributed by atoms with van der Waals surface area (Å²) in [5, 5.41) is 21.3. The number of aromatic nitrogens is 1. The Morgan fingerprint density at radius 1 is 1.06 bits per heavy atom. The van der Waals surface area contributed by atoms with Crippen molar-refractivity contribution < 1.29 is 14.8 Å². The Morgan fingerprint density at radius 2 is 1.81 bits per heavy atom. The van der Waals surface area contributed by atoms with Gasteiger partial charge in [-0.15, -0.1) is 0 Å². The van der Waals surface area contributed by atoms with Crippen molar-refractivity contribution in [2.45, 2.75) is 37.4 Å². The minimum Gasteiger partial charge on any atom is -0.733 e. The lowest BCUT2D eigenvalue weighted by molar-refractivity contribution is -0.159. The number of hydrogen-bond donors (Lipinski definition) is 2. The molecule has 8 nitrogen and oxygen atoms in total. The lowest BCUT2D eigenvalue weighted by Crippen LogP contribution is -2.63. The number of piperazine rings is 1. The minimum absolute atomic E-state index is 0.0146. The van der Waals surface area contributed by atoms with Crippen molar-refractivity contribution in [3.63, 3.8) is 0 Å². The lowest BCUT2D eigenvalue weighted by Gasteiger charge is -2.47. The Morgan fingerprint density at radius 3 is 2.52 bits per heavy atom. The standard InChI is InChI=1S/C23H21N4O4/c28-20-12-25(14-9-10-14)23(29)19-11-17-16-3-1-2-4-18(16)24-21(17)22(26(19)20)13-5-7-15(8-6-13)27(30)31/h1-8,14,19,22,24,30H,9-12H2/q-1. The number of aromatic amines is 1. The van der Waals surface area contributed by atoms with Crippen LogP contribution in [0.5, 0.6) is 0 Å². The summed E-state index contributed by atoms with van der Waals surface area (Å²) in [6.07, 6.45) is 2.40. The third-order valence-corrected chi connectivity index (χ3v) is 6.71. The molecule has 2 amide bonds. The maximum atomic E-state index is 13.4. The molecule has 2 aromatic carbocycles. The molecule has 0 bridgehead atoms. The van der Waals surface area contributed by atoms with Crippen molar-refractivity contribution in [1.82, 2.24) is 14.8 Å². The predicted octanol–water partition coefficient (Wildman–Crippen LogP) is 2.71. The average molecular weight is 417 g/mol. The smallest absolute Gasteiger partial charge is 0.246 e. The van der Waals surface area contributed by atoms with Crippen molar-refractivity contribution in [3.8, 4) is 0 Å². The largest absolute Gasteiger partial charge is 0.733 e. The highest BCUT2D eigenvalue weighted by atomic mass is 16.8. The first-order valence-electron chi connectivity index (χ1n) is 10.5. The average Bonchev–Trinajstić information content (AvgIpc) is 3.55. The van der Waals surface area contributed by atoms with Crippen LogP contribution in [0.2, 0.25) is 0 Å². The van der Waals surface area contributed by atoms with Crippen LogP contribution in [0, 0.1) is 5.21 Å². The number of para-hydroxylation sites is 1. The first-order chi connectivity index (χ1) is 15.0. The Labute approximate surface area is 178 Å². The van der Waals surface area contributed by atoms with Gasteiger partial charge in [0.05, 0.1) is 11.7 Å². The van der Waals surface area contributed by atoms with E-state index in [4.69, 9.17) is 0 Å². The fourth-order valence-corrected chi connectivity index (χ4v) is 5.11. The second kappa shape index (κ2) is 6.57. The van der Waals surface area contributed by atoms with Crippen molar-refractivity contribution >= 4 is 28.4 Å². The van der Waals surface area contributed by atoms with Crippen molar-refractivity contribution in [3.05, 3.63) is 70.6 Å². The van der Waals surface area contributed by atoms with Crippen LogP contribution in [-0.2, 0) is 16.0 Å². The number of carbonyl (C=O) groups is 2. The van der Waals surface area contributed by atoms with E-state index in [1.54, 1.807) is 21.9 Å². The van der Waals surface area contributed by atoms with Crippen LogP contribution in [0.25, 0.3) is 10.9 Å². The normalized spacial score (nSPS) is 23.2. The molecule has 3 aromatic rings. The van der Waals surface area contributed by atoms with Crippen LogP contribution in [0.15, 0.2) is 48.5 Å². The summed E-state index contributed by atoms with van der Waals surface area (Å²) in [5.41, 5.74) is 3.80. The molecule has 1 saturated carbocycles. The number of anilines is 1. The molecule has 8 heteroatoms. The SMILES string of the molecule is O=C1C2Cc3c([nH]c4ccccc34)C(c3ccc(N([O-])O)cc3)N2C(=O)CN1C1CC1. The van der Waals surface area contributed by atoms with Gasteiger partial charge in [0.25, 0.3) is 0 Å². The van der Waals surface area contributed by atoms with Crippen molar-refractivity contribution in [1.29, 1.82) is 0 Å². The molecular formula is C23H21N4O4-. The molecule has 158 valence electrons. The van der Waals surface area contributed by atoms with Crippen LogP contribution in [-0.4, -0.2) is 50.4 Å². The number of nitrogens with one attached hydrogen (secondary N) is 1. The summed E-state index contributed by atoms with van der Waals surface area (Å²) in [6, 6.07) is 13.6. The van der Waals surface area contributed by atoms with E-state index in [2.05, 4.69) is 4.98 Å². The van der Waals surface area contributed by atoms with Crippen molar-refractivity contribution in [2.75, 3.05) is 11.8 Å². The van der Waals surface area contributed by atoms with Gasteiger partial charge in [0, 0.05) is 29.1 Å². The van der Waals surface area contributed by atoms with E-state index in [0.717, 1.165) is 40.6 Å². The molecule has 0 spiro atoms. The molecule has 1 aliphatic carbocycles. The third kappa shape index (κ3) is 2.75. The molecule has 3 heterocycles. The number of nitrogens with zero attached hydrogens (tertiary/aromatic N) is 3. The van der Waals surface area contributed by atoms with Crippen LogP contribution in [0.4, 0.5) is 5.69 Å². The van der Waals surface area contributed by atoms with E-state index < -0.39 is 12.1 Å². The maximum Gasteiger partial charge on any atom is 0.246 e. The van der Waals surface area contributed by atoms with Crippen LogP contribution in [0.3, 0.4) is 0 Å². The maximum absolute atomic E-state index is 13.4. The molecule has 2 unspecified atom stereocenters. The Bertz CT molecular complexity index is 1200. The molecule has 6 rings (SSSR count). The molecule has 0 radical (unpaired) electrons. The lowest BCUT2D eigenvalue weighted by atomic mass is 9.86. The summed E-state index contributed by atoms with van der Waals surface area (Å²) in [6.45, 7) is 0.106. The van der Waals surface area contributed by atoms with Gasteiger partial charge in [0.1, 0.15) is 12.6 Å². The monoisotopic (exact) mass is 417 g/mol. The minimum atomic E-state index is -0.549. The first kappa shape index (κ1) is 18.4. The molecule has 1 saturated heterocycles. The number of carbonyl (C=O) groups excluding carboxylic acids is 2. The molecular weight excluding hydrogens is 396 g/mol. The summed E-state index contributed by atoms with van der Waals surface area (Å²) >= 11 is 0. The summed E-state index contributed by atoms with van der Waals surface area (Å²) in [5.74, 6) is -0.0526. The zero-order chi connectivity index (χ0) is 21.3. The van der Waals surface area contributed by atoms with Gasteiger partial charge < -0.3 is 25.2 Å². The zero-order valence-corrected chi connectivity index (χ0v) is 16.7. The number of benzene rings is 2. The molecule has 3 aliphatic rings. The van der Waals surface area contributed by atoms with E-state index in [9.17, 15) is 20.0 Å². The van der Waals surface area contributed by atoms with Gasteiger partial charge in [-0.05, 0) is 42.2 Å². The number of amides is 2. The number of fused-ring (bicyclic) bond motifs is 4. The first-order valence-corrected chi connectivity index (χ1v) is 10.5. The molecule has 31 heavy (non-hydrogen) atoms. The summed E-state index contributed by atoms with van der Waals surface area (Å²) in [4.78, 5) is 33.7. The van der Waals surface area contributed by atoms with Gasteiger partial charge in [-0.3, -0.25) is 14.8 Å². The topological polar surface area (TPSA) is 103 Å². The molecule has 2 atom stereocenters. The highest BCUT2D eigenvalue weighted by molar-refractivity contribution is 5.98. The van der Waals surface area contributed by atoms with E-state index in [-0.39, 0.29) is 35.3 Å². The fraction of sp³-hybridized carbons (Fsp3) is 0.304. The molecule has 2 aliphatic heterocycles. The Kier molecular flexibility index (Phi) is 3.90. The van der Waals surface area contributed by atoms with Gasteiger partial charge >= 0.3 is 0 Å². The Balaban J connectivity index is 1.52. The van der Waals surface area contributed by atoms with Gasteiger partial charge in [-0.25, -0.2) is 0 Å². The molecule has 1 aromatic heterocycles. The van der Waals surface area contributed by atoms with Crippen LogP contribution >= 0.6 is 0 Å². The number of hydrogen-bond acceptors (Lipinski definition) is 5. The number of rotatable bonds is 3. The zero-order valence-electron chi connectivity index (χ0n) is 16.7. The molecule has 2 N–H and O–H groups in total. The Hall–Kier alpha value is -3.36. The van der Waals surface area contributed by atoms with E-state index in [0.29, 0.717) is 6.42 Å². The third-order valence-electron chi connectivity index (χ3n) is 6.71. The van der Waals surface area contributed by atoms with E-state index in [1.165, 1.54) is 12.1 Å². The molecule has 2 fully saturated rings. The van der Waals surface area contributed by atoms with E-state index >= 15 is 0 Å². The fourth-order valence-electron chi connectivity index (χ4n) is 5.11. The summed E-state index contributed by atoms with van der Waals surface area (Å²) in [7, 11) is 0. The van der Waals surface area contributed by atoms with Crippen LogP contribution < -0.4 is 5.23 Å².